The van der Waals surface area contributed by atoms with Gasteiger partial charge in [-0.3, -0.25) is 0 Å². The number of hydrogen-bond acceptors (Lipinski definition) is 7. The van der Waals surface area contributed by atoms with Crippen LogP contribution in [0, 0.1) is 0 Å². The van der Waals surface area contributed by atoms with Crippen LogP contribution < -0.4 is 18.9 Å². The van der Waals surface area contributed by atoms with E-state index in [2.05, 4.69) is 20.9 Å². The van der Waals surface area contributed by atoms with Gasteiger partial charge in [-0.1, -0.05) is 30.3 Å². The zero-order valence-electron chi connectivity index (χ0n) is 19.3. The fraction of sp³-hybridized carbons (Fsp3) is 0.185. The van der Waals surface area contributed by atoms with Gasteiger partial charge in [0, 0.05) is 5.56 Å². The molecule has 3 aromatic carbocycles. The van der Waals surface area contributed by atoms with Gasteiger partial charge in [-0.15, -0.1) is 0 Å². The van der Waals surface area contributed by atoms with Crippen molar-refractivity contribution in [2.75, 3.05) is 26.9 Å². The van der Waals surface area contributed by atoms with Crippen molar-refractivity contribution in [2.24, 2.45) is 4.99 Å². The maximum atomic E-state index is 12.4. The normalized spacial score (nSPS) is 13.9. The molecular weight excluding hydrogens is 514 g/mol. The van der Waals surface area contributed by atoms with E-state index < -0.39 is 5.97 Å². The van der Waals surface area contributed by atoms with E-state index >= 15 is 0 Å². The van der Waals surface area contributed by atoms with Crippen molar-refractivity contribution < 1.29 is 28.5 Å². The van der Waals surface area contributed by atoms with Crippen LogP contribution in [-0.2, 0) is 9.53 Å². The molecular formula is C27H24BrNO6. The van der Waals surface area contributed by atoms with Crippen molar-refractivity contribution in [3.05, 3.63) is 88.0 Å². The van der Waals surface area contributed by atoms with Crippen molar-refractivity contribution in [1.29, 1.82) is 0 Å². The van der Waals surface area contributed by atoms with E-state index in [0.29, 0.717) is 46.2 Å². The fourth-order valence-corrected chi connectivity index (χ4v) is 3.95. The molecule has 4 rings (SSSR count). The summed E-state index contributed by atoms with van der Waals surface area (Å²) >= 11 is 3.55. The number of ether oxygens (including phenoxy) is 5. The number of carbonyl (C=O) groups is 1. The van der Waals surface area contributed by atoms with Crippen LogP contribution >= 0.6 is 15.9 Å². The van der Waals surface area contributed by atoms with Crippen LogP contribution in [0.1, 0.15) is 18.1 Å². The molecule has 0 atom stereocenters. The number of hydrogen-bond donors (Lipinski definition) is 0. The monoisotopic (exact) mass is 537 g/mol. The Kier molecular flexibility index (Phi) is 8.05. The molecule has 0 saturated carbocycles. The summed E-state index contributed by atoms with van der Waals surface area (Å²) in [5, 5.41) is 0. The Morgan fingerprint density at radius 1 is 0.914 bits per heavy atom. The van der Waals surface area contributed by atoms with Gasteiger partial charge in [0.1, 0.15) is 13.2 Å². The van der Waals surface area contributed by atoms with Gasteiger partial charge in [-0.05, 0) is 70.9 Å². The molecule has 1 aliphatic heterocycles. The molecule has 35 heavy (non-hydrogen) atoms. The number of carbonyl (C=O) groups excluding carboxylic acids is 1. The van der Waals surface area contributed by atoms with Crippen molar-refractivity contribution in [3.8, 4) is 23.0 Å². The van der Waals surface area contributed by atoms with Crippen LogP contribution in [0.3, 0.4) is 0 Å². The number of halogens is 1. The van der Waals surface area contributed by atoms with E-state index in [4.69, 9.17) is 23.7 Å². The number of para-hydroxylation sites is 2. The number of methoxy groups -OCH3 is 1. The van der Waals surface area contributed by atoms with Crippen molar-refractivity contribution in [3.63, 3.8) is 0 Å². The number of rotatable bonds is 10. The van der Waals surface area contributed by atoms with Gasteiger partial charge >= 0.3 is 5.97 Å². The predicted molar refractivity (Wildman–Crippen MR) is 136 cm³/mol. The van der Waals surface area contributed by atoms with E-state index in [9.17, 15) is 4.79 Å². The lowest BCUT2D eigenvalue weighted by Crippen LogP contribution is -2.11. The van der Waals surface area contributed by atoms with Gasteiger partial charge in [-0.2, -0.15) is 0 Å². The maximum absolute atomic E-state index is 12.4. The third-order valence-corrected chi connectivity index (χ3v) is 5.52. The standard InChI is InChI=1S/C27H24BrNO6/c1-3-32-24-17-18(16-21-27(30)35-26(29-21)19-9-5-4-6-10-19)15-20(28)25(24)34-14-13-33-23-12-8-7-11-22(23)31-2/h4-12,15-17H,3,13-14H2,1-2H3/b21-16+. The van der Waals surface area contributed by atoms with Gasteiger partial charge in [-0.25, -0.2) is 9.79 Å². The Morgan fingerprint density at radius 3 is 2.37 bits per heavy atom. The van der Waals surface area contributed by atoms with Gasteiger partial charge in [0.15, 0.2) is 28.7 Å². The van der Waals surface area contributed by atoms with E-state index in [1.807, 2.05) is 67.6 Å². The largest absolute Gasteiger partial charge is 0.493 e. The lowest BCUT2D eigenvalue weighted by atomic mass is 10.1. The first-order chi connectivity index (χ1) is 17.1. The number of benzene rings is 3. The van der Waals surface area contributed by atoms with Crippen molar-refractivity contribution in [1.82, 2.24) is 0 Å². The van der Waals surface area contributed by atoms with E-state index in [1.54, 1.807) is 19.3 Å². The SMILES string of the molecule is CCOc1cc(/C=C2/N=C(c3ccccc3)OC2=O)cc(Br)c1OCCOc1ccccc1OC. The minimum atomic E-state index is -0.508. The van der Waals surface area contributed by atoms with Crippen LogP contribution in [0.4, 0.5) is 0 Å². The molecule has 3 aromatic rings. The molecule has 0 saturated heterocycles. The van der Waals surface area contributed by atoms with E-state index in [0.717, 1.165) is 5.56 Å². The fourth-order valence-electron chi connectivity index (χ4n) is 3.38. The van der Waals surface area contributed by atoms with Crippen molar-refractivity contribution in [2.45, 2.75) is 6.92 Å². The Balaban J connectivity index is 1.49. The number of esters is 1. The molecule has 0 aromatic heterocycles. The van der Waals surface area contributed by atoms with Gasteiger partial charge in [0.05, 0.1) is 18.2 Å². The zero-order valence-corrected chi connectivity index (χ0v) is 20.9. The molecule has 0 unspecified atom stereocenters. The molecule has 180 valence electrons. The highest BCUT2D eigenvalue weighted by atomic mass is 79.9. The summed E-state index contributed by atoms with van der Waals surface area (Å²) in [6.07, 6.45) is 1.65. The van der Waals surface area contributed by atoms with Gasteiger partial charge < -0.3 is 23.7 Å². The number of cyclic esters (lactones) is 1. The third-order valence-electron chi connectivity index (χ3n) is 4.93. The quantitative estimate of drug-likeness (QED) is 0.189. The Morgan fingerprint density at radius 2 is 1.63 bits per heavy atom. The summed E-state index contributed by atoms with van der Waals surface area (Å²) in [5.74, 6) is 2.14. The average molecular weight is 538 g/mol. The first-order valence-electron chi connectivity index (χ1n) is 11.0. The first kappa shape index (κ1) is 24.3. The van der Waals surface area contributed by atoms with Crippen LogP contribution in [0.25, 0.3) is 6.08 Å². The highest BCUT2D eigenvalue weighted by Crippen LogP contribution is 2.38. The Bertz CT molecular complexity index is 1260. The molecule has 8 heteroatoms. The molecule has 0 N–H and O–H groups in total. The Hall–Kier alpha value is -3.78. The number of nitrogens with zero attached hydrogens (tertiary/aromatic N) is 1. The molecule has 0 aliphatic carbocycles. The lowest BCUT2D eigenvalue weighted by molar-refractivity contribution is -0.129. The minimum absolute atomic E-state index is 0.206. The summed E-state index contributed by atoms with van der Waals surface area (Å²) in [6, 6.07) is 20.3. The topological polar surface area (TPSA) is 75.6 Å². The highest BCUT2D eigenvalue weighted by Gasteiger charge is 2.24. The molecule has 1 heterocycles. The zero-order chi connectivity index (χ0) is 24.6. The maximum Gasteiger partial charge on any atom is 0.363 e. The average Bonchev–Trinajstić information content (AvgIpc) is 3.24. The Labute approximate surface area is 212 Å². The molecule has 7 nitrogen and oxygen atoms in total. The summed E-state index contributed by atoms with van der Waals surface area (Å²) in [7, 11) is 1.60. The van der Waals surface area contributed by atoms with Gasteiger partial charge in [0.2, 0.25) is 5.90 Å². The molecule has 1 aliphatic rings. The van der Waals surface area contributed by atoms with Crippen LogP contribution in [0.15, 0.2) is 81.9 Å². The second kappa shape index (κ2) is 11.6. The van der Waals surface area contributed by atoms with Crippen LogP contribution in [-0.4, -0.2) is 38.8 Å². The minimum Gasteiger partial charge on any atom is -0.493 e. The summed E-state index contributed by atoms with van der Waals surface area (Å²) in [4.78, 5) is 16.7. The number of aliphatic imine (C=N–C) groups is 1. The third kappa shape index (κ3) is 6.02. The lowest BCUT2D eigenvalue weighted by Gasteiger charge is -2.15. The molecule has 0 fully saturated rings. The summed E-state index contributed by atoms with van der Waals surface area (Å²) in [5.41, 5.74) is 1.65. The van der Waals surface area contributed by atoms with Crippen LogP contribution in [0.5, 0.6) is 23.0 Å². The smallest absolute Gasteiger partial charge is 0.363 e. The second-order valence-electron chi connectivity index (χ2n) is 7.31. The molecule has 0 amide bonds. The molecule has 0 radical (unpaired) electrons. The summed E-state index contributed by atoms with van der Waals surface area (Å²) < 4.78 is 28.8. The van der Waals surface area contributed by atoms with E-state index in [1.165, 1.54) is 0 Å². The first-order valence-corrected chi connectivity index (χ1v) is 11.8. The molecule has 0 bridgehead atoms. The van der Waals surface area contributed by atoms with Crippen LogP contribution in [0.2, 0.25) is 0 Å². The van der Waals surface area contributed by atoms with Gasteiger partial charge in [0.25, 0.3) is 0 Å². The van der Waals surface area contributed by atoms with Crippen molar-refractivity contribution >= 4 is 33.9 Å². The molecule has 0 spiro atoms. The second-order valence-corrected chi connectivity index (χ2v) is 8.17. The van der Waals surface area contributed by atoms with E-state index in [-0.39, 0.29) is 18.2 Å². The highest BCUT2D eigenvalue weighted by molar-refractivity contribution is 9.10. The summed E-state index contributed by atoms with van der Waals surface area (Å²) in [6.45, 7) is 2.93. The predicted octanol–water partition coefficient (Wildman–Crippen LogP) is 5.66.